The van der Waals surface area contributed by atoms with E-state index in [1.165, 1.54) is 6.33 Å². The van der Waals surface area contributed by atoms with Crippen LogP contribution in [0.5, 0.6) is 0 Å². The lowest BCUT2D eigenvalue weighted by Crippen LogP contribution is -2.30. The molecule has 0 radical (unpaired) electrons. The van der Waals surface area contributed by atoms with Gasteiger partial charge in [0.25, 0.3) is 11.8 Å². The summed E-state index contributed by atoms with van der Waals surface area (Å²) < 4.78 is 1.67. The second-order valence-corrected chi connectivity index (χ2v) is 7.05. The number of nitrogens with two attached hydrogens (primary N) is 1. The Balaban J connectivity index is 1.83. The van der Waals surface area contributed by atoms with Gasteiger partial charge < -0.3 is 10.6 Å². The number of imidazole rings is 1. The summed E-state index contributed by atoms with van der Waals surface area (Å²) in [5, 5.41) is 0. The van der Waals surface area contributed by atoms with Crippen molar-refractivity contribution in [1.82, 2.24) is 19.3 Å². The number of primary amides is 1. The molecule has 0 bridgehead atoms. The molecule has 2 heterocycles. The highest BCUT2D eigenvalue weighted by atomic mass is 16.2. The fourth-order valence-electron chi connectivity index (χ4n) is 3.40. The minimum absolute atomic E-state index is 0.0283. The Kier molecular flexibility index (Phi) is 5.02. The smallest absolute Gasteiger partial charge is 0.272 e. The molecule has 2 amide bonds. The molecule has 0 saturated carbocycles. The van der Waals surface area contributed by atoms with Crippen LogP contribution in [0.2, 0.25) is 0 Å². The molecule has 0 fully saturated rings. The SMILES string of the molecule is CC(c1ccccc1)N(C)C(=O)c1cc(-c2ccccc2)n2cnc(C(N)=O)c2n1. The van der Waals surface area contributed by atoms with E-state index in [1.54, 1.807) is 22.4 Å². The van der Waals surface area contributed by atoms with Gasteiger partial charge in [0.1, 0.15) is 12.0 Å². The number of hydrogen-bond donors (Lipinski definition) is 1. The van der Waals surface area contributed by atoms with Crippen LogP contribution in [-0.2, 0) is 0 Å². The van der Waals surface area contributed by atoms with Crippen LogP contribution in [0.1, 0.15) is 39.5 Å². The minimum atomic E-state index is -0.695. The van der Waals surface area contributed by atoms with Gasteiger partial charge in [-0.2, -0.15) is 0 Å². The molecule has 2 aromatic carbocycles. The number of amides is 2. The Morgan fingerprint density at radius 2 is 1.67 bits per heavy atom. The summed E-state index contributed by atoms with van der Waals surface area (Å²) in [5.74, 6) is -0.956. The predicted molar refractivity (Wildman–Crippen MR) is 114 cm³/mol. The molecule has 0 spiro atoms. The van der Waals surface area contributed by atoms with Gasteiger partial charge in [-0.25, -0.2) is 9.97 Å². The largest absolute Gasteiger partial charge is 0.364 e. The van der Waals surface area contributed by atoms with Crippen LogP contribution < -0.4 is 5.73 Å². The molecular weight excluding hydrogens is 378 g/mol. The van der Waals surface area contributed by atoms with Crippen LogP contribution in [0.25, 0.3) is 16.9 Å². The molecule has 0 aliphatic rings. The fraction of sp³-hybridized carbons (Fsp3) is 0.130. The first-order valence-electron chi connectivity index (χ1n) is 9.53. The van der Waals surface area contributed by atoms with Crippen molar-refractivity contribution in [3.05, 3.63) is 90.0 Å². The number of rotatable bonds is 5. The number of carbonyl (C=O) groups is 2. The molecule has 1 atom stereocenters. The van der Waals surface area contributed by atoms with Gasteiger partial charge in [-0.15, -0.1) is 0 Å². The third-order valence-electron chi connectivity index (χ3n) is 5.21. The maximum atomic E-state index is 13.3. The highest BCUT2D eigenvalue weighted by molar-refractivity contribution is 5.99. The average molecular weight is 399 g/mol. The second kappa shape index (κ2) is 7.79. The molecule has 0 aliphatic heterocycles. The average Bonchev–Trinajstić information content (AvgIpc) is 3.22. The predicted octanol–water partition coefficient (Wildman–Crippen LogP) is 3.33. The van der Waals surface area contributed by atoms with E-state index in [2.05, 4.69) is 9.97 Å². The van der Waals surface area contributed by atoms with Crippen molar-refractivity contribution in [2.24, 2.45) is 5.73 Å². The van der Waals surface area contributed by atoms with E-state index in [0.29, 0.717) is 5.69 Å². The van der Waals surface area contributed by atoms with Crippen molar-refractivity contribution in [1.29, 1.82) is 0 Å². The van der Waals surface area contributed by atoms with E-state index in [0.717, 1.165) is 11.1 Å². The summed E-state index contributed by atoms with van der Waals surface area (Å²) in [7, 11) is 1.74. The summed E-state index contributed by atoms with van der Waals surface area (Å²) in [4.78, 5) is 35.3. The quantitative estimate of drug-likeness (QED) is 0.557. The normalized spacial score (nSPS) is 11.9. The summed E-state index contributed by atoms with van der Waals surface area (Å²) in [6.45, 7) is 1.96. The molecule has 0 saturated heterocycles. The molecule has 1 unspecified atom stereocenters. The van der Waals surface area contributed by atoms with Crippen molar-refractivity contribution >= 4 is 17.5 Å². The summed E-state index contributed by atoms with van der Waals surface area (Å²) in [5.41, 5.74) is 8.56. The van der Waals surface area contributed by atoms with E-state index in [-0.39, 0.29) is 29.0 Å². The number of nitrogens with zero attached hydrogens (tertiary/aromatic N) is 4. The van der Waals surface area contributed by atoms with Crippen LogP contribution in [0.3, 0.4) is 0 Å². The lowest BCUT2D eigenvalue weighted by molar-refractivity contribution is 0.0736. The number of aromatic nitrogens is 3. The molecule has 30 heavy (non-hydrogen) atoms. The van der Waals surface area contributed by atoms with Gasteiger partial charge in [0.15, 0.2) is 11.3 Å². The molecule has 2 aromatic heterocycles. The first kappa shape index (κ1) is 19.3. The summed E-state index contributed by atoms with van der Waals surface area (Å²) in [6, 6.07) is 20.9. The van der Waals surface area contributed by atoms with Gasteiger partial charge >= 0.3 is 0 Å². The van der Waals surface area contributed by atoms with E-state index in [4.69, 9.17) is 5.73 Å². The van der Waals surface area contributed by atoms with Crippen molar-refractivity contribution in [3.8, 4) is 11.3 Å². The summed E-state index contributed by atoms with van der Waals surface area (Å²) >= 11 is 0. The number of carbonyl (C=O) groups excluding carboxylic acids is 2. The Morgan fingerprint density at radius 3 is 2.30 bits per heavy atom. The zero-order valence-corrected chi connectivity index (χ0v) is 16.7. The van der Waals surface area contributed by atoms with Gasteiger partial charge in [0.05, 0.1) is 11.7 Å². The third kappa shape index (κ3) is 3.41. The van der Waals surface area contributed by atoms with Gasteiger partial charge in [-0.05, 0) is 24.1 Å². The lowest BCUT2D eigenvalue weighted by Gasteiger charge is -2.25. The molecule has 4 aromatic rings. The lowest BCUT2D eigenvalue weighted by atomic mass is 10.1. The molecule has 7 nitrogen and oxygen atoms in total. The number of hydrogen-bond acceptors (Lipinski definition) is 4. The molecule has 7 heteroatoms. The van der Waals surface area contributed by atoms with Gasteiger partial charge in [0.2, 0.25) is 0 Å². The van der Waals surface area contributed by atoms with Gasteiger partial charge in [0, 0.05) is 7.05 Å². The standard InChI is InChI=1S/C23H21N5O2/c1-15(16-9-5-3-6-10-16)27(2)23(30)18-13-19(17-11-7-4-8-12-17)28-14-25-20(21(24)29)22(28)26-18/h3-15H,1-2H3,(H2,24,29). The van der Waals surface area contributed by atoms with Crippen LogP contribution in [0.4, 0.5) is 0 Å². The van der Waals surface area contributed by atoms with Crippen LogP contribution in [0, 0.1) is 0 Å². The van der Waals surface area contributed by atoms with Crippen molar-refractivity contribution < 1.29 is 9.59 Å². The van der Waals surface area contributed by atoms with Gasteiger partial charge in [-0.3, -0.25) is 14.0 Å². The zero-order valence-electron chi connectivity index (χ0n) is 16.7. The Hall–Kier alpha value is -4.00. The molecule has 2 N–H and O–H groups in total. The Labute approximate surface area is 173 Å². The van der Waals surface area contributed by atoms with Crippen molar-refractivity contribution in [2.45, 2.75) is 13.0 Å². The molecular formula is C23H21N5O2. The van der Waals surface area contributed by atoms with E-state index >= 15 is 0 Å². The molecule has 0 aliphatic carbocycles. The first-order valence-corrected chi connectivity index (χ1v) is 9.53. The molecule has 150 valence electrons. The van der Waals surface area contributed by atoms with E-state index in [9.17, 15) is 9.59 Å². The van der Waals surface area contributed by atoms with Crippen molar-refractivity contribution in [2.75, 3.05) is 7.05 Å². The maximum absolute atomic E-state index is 13.3. The highest BCUT2D eigenvalue weighted by Crippen LogP contribution is 2.25. The number of benzene rings is 2. The maximum Gasteiger partial charge on any atom is 0.272 e. The van der Waals surface area contributed by atoms with Crippen LogP contribution >= 0.6 is 0 Å². The molecule has 4 rings (SSSR count). The summed E-state index contributed by atoms with van der Waals surface area (Å²) in [6.07, 6.45) is 1.50. The van der Waals surface area contributed by atoms with Gasteiger partial charge in [-0.1, -0.05) is 60.7 Å². The second-order valence-electron chi connectivity index (χ2n) is 7.05. The third-order valence-corrected chi connectivity index (χ3v) is 5.21. The Morgan fingerprint density at radius 1 is 1.03 bits per heavy atom. The highest BCUT2D eigenvalue weighted by Gasteiger charge is 2.23. The first-order chi connectivity index (χ1) is 14.5. The Bertz CT molecular complexity index is 1220. The monoisotopic (exact) mass is 399 g/mol. The van der Waals surface area contributed by atoms with E-state index < -0.39 is 5.91 Å². The zero-order chi connectivity index (χ0) is 21.3. The minimum Gasteiger partial charge on any atom is -0.364 e. The van der Waals surface area contributed by atoms with E-state index in [1.807, 2.05) is 67.6 Å². The van der Waals surface area contributed by atoms with Crippen molar-refractivity contribution in [3.63, 3.8) is 0 Å². The van der Waals surface area contributed by atoms with Crippen LogP contribution in [-0.4, -0.2) is 38.1 Å². The fourth-order valence-corrected chi connectivity index (χ4v) is 3.40. The topological polar surface area (TPSA) is 93.6 Å². The number of fused-ring (bicyclic) bond motifs is 1. The van der Waals surface area contributed by atoms with Crippen LogP contribution in [0.15, 0.2) is 73.1 Å².